The average Bonchev–Trinajstić information content (AvgIpc) is 3.15. The van der Waals surface area contributed by atoms with Crippen molar-refractivity contribution in [3.05, 3.63) is 24.3 Å². The molecule has 0 saturated carbocycles. The van der Waals surface area contributed by atoms with Crippen LogP contribution in [0.2, 0.25) is 0 Å². The Morgan fingerprint density at radius 1 is 0.311 bits per heavy atom. The fourth-order valence-electron chi connectivity index (χ4n) is 3.82. The Hall–Kier alpha value is -4.66. The van der Waals surface area contributed by atoms with Gasteiger partial charge in [0.1, 0.15) is 0 Å². The van der Waals surface area contributed by atoms with Crippen LogP contribution in [0.4, 0.5) is 193 Å². The molecule has 0 aromatic heterocycles. The summed E-state index contributed by atoms with van der Waals surface area (Å²) in [6, 6.07) is 0. The van der Waals surface area contributed by atoms with Crippen molar-refractivity contribution in [2.24, 2.45) is 0 Å². The summed E-state index contributed by atoms with van der Waals surface area (Å²) in [6.45, 7) is 2.19. The summed E-state index contributed by atoms with van der Waals surface area (Å²) in [4.78, 5) is 20.6. The Morgan fingerprint density at radius 2 is 0.486 bits per heavy atom. The number of carbonyl (C=O) groups is 2. The van der Waals surface area contributed by atoms with E-state index in [1.807, 2.05) is 0 Å². The molecule has 0 aliphatic carbocycles. The fourth-order valence-corrected chi connectivity index (χ4v) is 3.82. The Bertz CT molecular complexity index is 2090. The smallest absolute Gasteiger partial charge is 0.473 e. The summed E-state index contributed by atoms with van der Waals surface area (Å²) < 4.78 is 574. The van der Waals surface area contributed by atoms with Crippen LogP contribution in [0.5, 0.6) is 0 Å². The number of halogens is 44. The first kappa shape index (κ1) is 71.4. The quantitative estimate of drug-likeness (QED) is 0.0750. The highest BCUT2D eigenvalue weighted by Crippen LogP contribution is 2.69. The lowest BCUT2D eigenvalue weighted by Gasteiger charge is -2.44. The van der Waals surface area contributed by atoms with Crippen molar-refractivity contribution in [3.63, 3.8) is 0 Å². The molecule has 0 rings (SSSR count). The number of carbonyl (C=O) groups excluding carboxylic acids is 1. The largest absolute Gasteiger partial charge is 0.478 e. The van der Waals surface area contributed by atoms with Crippen LogP contribution in [0.1, 0.15) is 0 Å². The predicted molar refractivity (Wildman–Crippen MR) is 134 cm³/mol. The highest BCUT2D eigenvalue weighted by Gasteiger charge is 3.00. The second-order valence-electron chi connectivity index (χ2n) is 12.8. The molecule has 0 aromatic rings. The molecule has 1 N–H and O–H groups in total. The molecule has 0 aliphatic rings. The van der Waals surface area contributed by atoms with Gasteiger partial charge in [0.15, 0.2) is 5.57 Å². The SMILES string of the molecule is C=CC(=O)OC(F)(F)C(F)(F)C(F)(F)C(F)(F)C(F)(F)C(F)(F)C(F)(F)C(F)(F)C(F)(F)C(F)(F)F.O=C(O)C(=C(F)F)C(F)(F)C(F)(F)C(F)(F)C(F)(F)C(F)(F)C(F)(F)C(F)(F)C(F)(F)C(F)(F)C(F)(F)F. The normalized spacial score (nSPS) is 16.1. The molecule has 0 heterocycles. The molecule has 440 valence electrons. The number of carboxylic acids is 1. The molecule has 0 spiro atoms. The molecule has 0 radical (unpaired) electrons. The lowest BCUT2D eigenvalue weighted by molar-refractivity contribution is -0.482. The standard InChI is InChI=1S/C13HF23O2.C13H3F21O2/c14-2(15)1(3(37)38)4(16,17)5(18,19)6(20,21)7(22,23)8(24,25)9(26,27)10(28,29)11(30,31)12(32,33)13(34,35)36;1-2-3(35)36-13(33,34)11(28,29)9(24,25)7(20,21)5(16,17)4(14,15)6(18,19)8(22,23)10(26,27)12(30,31)32/h(H,37,38);2H,1H2. The maximum Gasteiger partial charge on any atom is 0.473 e. The monoisotopic (exact) mass is 1220 g/mol. The van der Waals surface area contributed by atoms with Crippen molar-refractivity contribution in [1.82, 2.24) is 0 Å². The van der Waals surface area contributed by atoms with Gasteiger partial charge in [0, 0.05) is 6.08 Å². The number of hydrogen-bond donors (Lipinski definition) is 1. The van der Waals surface area contributed by atoms with E-state index < -0.39 is 149 Å². The fraction of sp³-hybridized carbons (Fsp3) is 0.769. The highest BCUT2D eigenvalue weighted by molar-refractivity contribution is 5.89. The molecule has 0 saturated heterocycles. The van der Waals surface area contributed by atoms with Crippen LogP contribution in [0.25, 0.3) is 0 Å². The van der Waals surface area contributed by atoms with Crippen molar-refractivity contribution in [2.75, 3.05) is 0 Å². The van der Waals surface area contributed by atoms with Crippen molar-refractivity contribution in [1.29, 1.82) is 0 Å². The third-order valence-corrected chi connectivity index (χ3v) is 8.10. The first-order chi connectivity index (χ1) is 31.2. The summed E-state index contributed by atoms with van der Waals surface area (Å²) in [5.74, 6) is -160. The Morgan fingerprint density at radius 3 is 0.649 bits per heavy atom. The van der Waals surface area contributed by atoms with Crippen molar-refractivity contribution < 1.29 is 213 Å². The number of ether oxygens (including phenoxy) is 1. The van der Waals surface area contributed by atoms with E-state index in [0.717, 1.165) is 0 Å². The van der Waals surface area contributed by atoms with Gasteiger partial charge in [-0.2, -0.15) is 193 Å². The molecular formula is C26H4F44O4. The number of carboxylic acid groups (broad SMARTS) is 1. The molecule has 0 amide bonds. The molecule has 48 heteroatoms. The van der Waals surface area contributed by atoms with E-state index in [-0.39, 0.29) is 0 Å². The number of rotatable bonds is 20. The van der Waals surface area contributed by atoms with Crippen LogP contribution in [0.3, 0.4) is 0 Å². The third-order valence-electron chi connectivity index (χ3n) is 8.10. The molecule has 4 nitrogen and oxygen atoms in total. The predicted octanol–water partition coefficient (Wildman–Crippen LogP) is 14.5. The second kappa shape index (κ2) is 18.5. The molecule has 0 bridgehead atoms. The molecule has 74 heavy (non-hydrogen) atoms. The minimum Gasteiger partial charge on any atom is -0.478 e. The Labute approximate surface area is 369 Å². The summed E-state index contributed by atoms with van der Waals surface area (Å²) in [6.07, 6.45) is -28.8. The van der Waals surface area contributed by atoms with Crippen molar-refractivity contribution >= 4 is 11.9 Å². The van der Waals surface area contributed by atoms with Gasteiger partial charge >= 0.3 is 131 Å². The van der Waals surface area contributed by atoms with Gasteiger partial charge in [-0.05, 0) is 0 Å². The molecule has 0 unspecified atom stereocenters. The van der Waals surface area contributed by atoms with Gasteiger partial charge in [0.05, 0.1) is 0 Å². The zero-order valence-corrected chi connectivity index (χ0v) is 31.6. The molecule has 0 aromatic carbocycles. The van der Waals surface area contributed by atoms with Gasteiger partial charge in [-0.1, -0.05) is 6.58 Å². The topological polar surface area (TPSA) is 63.6 Å². The van der Waals surface area contributed by atoms with E-state index in [2.05, 4.69) is 11.3 Å². The summed E-state index contributed by atoms with van der Waals surface area (Å²) in [5.41, 5.74) is -4.62. The maximum absolute atomic E-state index is 13.5. The molecule has 0 aliphatic heterocycles. The number of esters is 1. The molecular weight excluding hydrogens is 1210 g/mol. The van der Waals surface area contributed by atoms with E-state index in [4.69, 9.17) is 5.11 Å². The maximum atomic E-state index is 13.5. The van der Waals surface area contributed by atoms with Gasteiger partial charge in [-0.3, -0.25) is 0 Å². The van der Waals surface area contributed by atoms with Gasteiger partial charge < -0.3 is 9.84 Å². The third kappa shape index (κ3) is 9.32. The van der Waals surface area contributed by atoms with E-state index >= 15 is 0 Å². The Kier molecular flexibility index (Phi) is 17.9. The van der Waals surface area contributed by atoms with Gasteiger partial charge in [-0.15, -0.1) is 0 Å². The van der Waals surface area contributed by atoms with Gasteiger partial charge in [-0.25, -0.2) is 9.59 Å². The number of aliphatic carboxylic acids is 1. The lowest BCUT2D eigenvalue weighted by Crippen LogP contribution is -2.77. The van der Waals surface area contributed by atoms with Crippen LogP contribution in [-0.4, -0.2) is 136 Å². The lowest BCUT2D eigenvalue weighted by atomic mass is 9.85. The molecule has 0 fully saturated rings. The minimum absolute atomic E-state index is 0.591. The zero-order valence-electron chi connectivity index (χ0n) is 31.6. The van der Waals surface area contributed by atoms with Crippen LogP contribution in [0.15, 0.2) is 24.3 Å². The minimum atomic E-state index is -9.46. The zero-order chi connectivity index (χ0) is 61.7. The van der Waals surface area contributed by atoms with Crippen LogP contribution >= 0.6 is 0 Å². The highest BCUT2D eigenvalue weighted by atomic mass is 19.5. The first-order valence-corrected chi connectivity index (χ1v) is 15.3. The summed E-state index contributed by atoms with van der Waals surface area (Å²) >= 11 is 0. The average molecular weight is 1220 g/mol. The number of hydrogen-bond acceptors (Lipinski definition) is 3. The summed E-state index contributed by atoms with van der Waals surface area (Å²) in [7, 11) is 0. The van der Waals surface area contributed by atoms with E-state index in [1.165, 1.54) is 0 Å². The molecule has 0 atom stereocenters. The van der Waals surface area contributed by atoms with Crippen molar-refractivity contribution in [2.45, 2.75) is 119 Å². The van der Waals surface area contributed by atoms with Crippen molar-refractivity contribution in [3.8, 4) is 0 Å². The van der Waals surface area contributed by atoms with E-state index in [0.29, 0.717) is 0 Å². The van der Waals surface area contributed by atoms with Gasteiger partial charge in [0.25, 0.3) is 6.08 Å². The Balaban J connectivity index is 0. The van der Waals surface area contributed by atoms with E-state index in [9.17, 15) is 203 Å². The first-order valence-electron chi connectivity index (χ1n) is 15.3. The van der Waals surface area contributed by atoms with Crippen LogP contribution < -0.4 is 0 Å². The van der Waals surface area contributed by atoms with Crippen LogP contribution in [0, 0.1) is 0 Å². The van der Waals surface area contributed by atoms with Gasteiger partial charge in [0.2, 0.25) is 0 Å². The van der Waals surface area contributed by atoms with Crippen LogP contribution in [-0.2, 0) is 14.3 Å². The number of alkyl halides is 42. The second-order valence-corrected chi connectivity index (χ2v) is 12.8. The van der Waals surface area contributed by atoms with E-state index in [1.54, 1.807) is 0 Å². The summed E-state index contributed by atoms with van der Waals surface area (Å²) in [5, 5.41) is 7.94.